The molecule has 708 valence electrons. The fourth-order valence-electron chi connectivity index (χ4n) is 21.9. The third-order valence-electron chi connectivity index (χ3n) is 28.7. The number of hydrogen-bond acceptors (Lipinski definition) is 15. The summed E-state index contributed by atoms with van der Waals surface area (Å²) in [7, 11) is 0. The first-order valence-electron chi connectivity index (χ1n) is 51.1. The third kappa shape index (κ3) is 18.3. The van der Waals surface area contributed by atoms with Crippen molar-refractivity contribution in [3.8, 4) is 9.75 Å². The quantitative estimate of drug-likeness (QED) is 0.0500. The van der Waals surface area contributed by atoms with Crippen LogP contribution in [0.5, 0.6) is 0 Å². The summed E-state index contributed by atoms with van der Waals surface area (Å²) < 4.78 is 35.7. The van der Waals surface area contributed by atoms with Crippen LogP contribution in [-0.2, 0) is 32.1 Å². The maximum absolute atomic E-state index is 2.77. The van der Waals surface area contributed by atoms with E-state index in [1.54, 1.807) is 11.1 Å². The lowest BCUT2D eigenvalue weighted by atomic mass is 9.87. The molecule has 16 aromatic heterocycles. The fourth-order valence-corrected chi connectivity index (χ4v) is 39.5. The molecule has 22 rings (SSSR count). The van der Waals surface area contributed by atoms with Crippen LogP contribution in [0.2, 0.25) is 0 Å². The summed E-state index contributed by atoms with van der Waals surface area (Å²) in [5.41, 5.74) is 15.0. The Morgan fingerprint density at radius 2 is 0.460 bits per heavy atom. The first-order chi connectivity index (χ1) is 67.7. The van der Waals surface area contributed by atoms with Crippen LogP contribution in [0.3, 0.4) is 0 Å². The van der Waals surface area contributed by atoms with Crippen LogP contribution in [0.4, 0.5) is 0 Å². The van der Waals surface area contributed by atoms with Crippen LogP contribution in [0.15, 0.2) is 182 Å². The van der Waals surface area contributed by atoms with E-state index in [0.29, 0.717) is 23.7 Å². The van der Waals surface area contributed by atoms with Gasteiger partial charge in [0, 0.05) is 185 Å². The molecule has 0 spiro atoms. The average Bonchev–Trinajstić information content (AvgIpc) is 1.57. The van der Waals surface area contributed by atoms with Gasteiger partial charge in [-0.25, -0.2) is 0 Å². The fraction of sp³-hybridized carbons (Fsp3) is 0.323. The minimum absolute atomic E-state index is 0.356. The predicted octanol–water partition coefficient (Wildman–Crippen LogP) is 47.6. The zero-order valence-corrected chi connectivity index (χ0v) is 95.1. The van der Waals surface area contributed by atoms with Gasteiger partial charge in [-0.3, -0.25) is 0 Å². The van der Waals surface area contributed by atoms with E-state index in [2.05, 4.69) is 338 Å². The summed E-state index contributed by atoms with van der Waals surface area (Å²) in [6, 6.07) is 75.3. The molecule has 0 saturated carbocycles. The van der Waals surface area contributed by atoms with Crippen molar-refractivity contribution in [2.24, 2.45) is 0 Å². The number of unbranched alkanes of at least 4 members (excludes halogenated alkanes) is 10. The molecule has 0 nitrogen and oxygen atoms in total. The minimum atomic E-state index is 0.356. The summed E-state index contributed by atoms with van der Waals surface area (Å²) in [4.78, 5) is 5.48. The van der Waals surface area contributed by atoms with Crippen molar-refractivity contribution in [2.75, 3.05) is 0 Å². The molecular weight excluding hydrogens is 1970 g/mol. The predicted molar refractivity (Wildman–Crippen MR) is 654 cm³/mol. The molecule has 28 bridgehead atoms. The summed E-state index contributed by atoms with van der Waals surface area (Å²) in [5.74, 6) is 1.47. The van der Waals surface area contributed by atoms with Gasteiger partial charge in [0.25, 0.3) is 0 Å². The summed E-state index contributed by atoms with van der Waals surface area (Å²) in [6.45, 7) is 38.5. The van der Waals surface area contributed by atoms with Crippen LogP contribution in [0.1, 0.15) is 275 Å². The van der Waals surface area contributed by atoms with Crippen molar-refractivity contribution in [1.29, 1.82) is 0 Å². The second-order valence-corrected chi connectivity index (χ2v) is 56.5. The molecule has 0 radical (unpaired) electrons. The van der Waals surface area contributed by atoms with E-state index in [0.717, 1.165) is 44.9 Å². The van der Waals surface area contributed by atoms with Crippen LogP contribution < -0.4 is 0 Å². The first-order valence-corrected chi connectivity index (χ1v) is 63.3. The van der Waals surface area contributed by atoms with Crippen LogP contribution in [0.25, 0.3) is 207 Å². The zero-order valence-electron chi connectivity index (χ0n) is 82.9. The van der Waals surface area contributed by atoms with Crippen molar-refractivity contribution in [1.82, 2.24) is 0 Å². The molecule has 0 aliphatic carbocycles. The number of rotatable bonds is 25. The normalized spacial score (nSPS) is 12.4. The number of hydrogen-bond donors (Lipinski definition) is 0. The van der Waals surface area contributed by atoms with Crippen LogP contribution in [-0.4, -0.2) is 0 Å². The topological polar surface area (TPSA) is 0 Å². The lowest BCUT2D eigenvalue weighted by Gasteiger charge is -2.18. The summed E-state index contributed by atoms with van der Waals surface area (Å²) >= 11 is 30.0. The van der Waals surface area contributed by atoms with Gasteiger partial charge in [-0.05, 0) is 354 Å². The Kier molecular flexibility index (Phi) is 28.2. The molecule has 6 aromatic carbocycles. The molecule has 0 N–H and O–H groups in total. The van der Waals surface area contributed by atoms with E-state index in [1.165, 1.54) is 345 Å². The lowest BCUT2D eigenvalue weighted by Crippen LogP contribution is -1.98. The van der Waals surface area contributed by atoms with Crippen LogP contribution >= 0.6 is 170 Å². The van der Waals surface area contributed by atoms with Gasteiger partial charge < -0.3 is 0 Å². The Bertz CT molecular complexity index is 9040. The largest absolute Gasteiger partial charge is 0.140 e. The highest BCUT2D eigenvalue weighted by molar-refractivity contribution is 7.39. The maximum Gasteiger partial charge on any atom is 0.0455 e. The molecule has 0 saturated heterocycles. The Morgan fingerprint density at radius 1 is 0.187 bits per heavy atom. The van der Waals surface area contributed by atoms with Crippen molar-refractivity contribution in [2.45, 2.75) is 263 Å². The smallest absolute Gasteiger partial charge is 0.0455 e. The Morgan fingerprint density at radius 3 is 0.791 bits per heavy atom. The molecule has 0 aliphatic rings. The van der Waals surface area contributed by atoms with Crippen molar-refractivity contribution in [3.05, 3.63) is 247 Å². The molecule has 22 aromatic rings. The number of fused-ring (bicyclic) bond motifs is 46. The molecule has 15 heteroatoms. The van der Waals surface area contributed by atoms with Gasteiger partial charge in [0.05, 0.1) is 0 Å². The van der Waals surface area contributed by atoms with Crippen molar-refractivity contribution < 1.29 is 0 Å². The Balaban J connectivity index is 0.809. The van der Waals surface area contributed by atoms with E-state index in [4.69, 9.17) is 0 Å². The molecule has 0 fully saturated rings. The van der Waals surface area contributed by atoms with Gasteiger partial charge in [-0.2, -0.15) is 0 Å². The third-order valence-corrected chi connectivity index (χ3v) is 47.4. The van der Waals surface area contributed by atoms with Gasteiger partial charge in [0.1, 0.15) is 0 Å². The van der Waals surface area contributed by atoms with Gasteiger partial charge >= 0.3 is 0 Å². The molecular formula is C124H122S15. The van der Waals surface area contributed by atoms with E-state index in [-0.39, 0.29) is 0 Å². The zero-order chi connectivity index (χ0) is 95.4. The molecule has 0 amide bonds. The number of thiophene rings is 15. The summed E-state index contributed by atoms with van der Waals surface area (Å²) in [6.07, 6.45) is 23.2. The van der Waals surface area contributed by atoms with E-state index in [1.807, 2.05) is 125 Å². The van der Waals surface area contributed by atoms with Gasteiger partial charge in [-0.1, -0.05) is 178 Å². The van der Waals surface area contributed by atoms with E-state index in [9.17, 15) is 0 Å². The second kappa shape index (κ2) is 40.8. The molecule has 139 heavy (non-hydrogen) atoms. The van der Waals surface area contributed by atoms with Gasteiger partial charge in [0.15, 0.2) is 0 Å². The Labute approximate surface area is 878 Å². The van der Waals surface area contributed by atoms with Crippen molar-refractivity contribution in [3.63, 3.8) is 0 Å². The minimum Gasteiger partial charge on any atom is -0.140 e. The number of aryl methyl sites for hydroxylation is 8. The van der Waals surface area contributed by atoms with E-state index < -0.39 is 0 Å². The molecule has 0 aliphatic heterocycles. The molecule has 0 unspecified atom stereocenters. The lowest BCUT2D eigenvalue weighted by molar-refractivity contribution is 0.709. The summed E-state index contributed by atoms with van der Waals surface area (Å²) in [5, 5.41) is 20.0. The maximum atomic E-state index is 2.77. The highest BCUT2D eigenvalue weighted by Gasteiger charge is 2.28. The standard InChI is InChI=1S/C124H122S15/c1-17-22-27-32-74-58-82-81-60-77(35-30-25-20-4)116(122-85(81)56-73(16)126-122)115-71(14)55-79(67(6)7)86-62-109(137-121(86)115)104-51-47-99(131-104)95-43-39-91(127-95)93-41-46-98(129-93)102-50-54-107(134-102)112-65-89-83(59-75(33-28-23-18-2)114(70(12)13)120(89)136-112)84-61-78(36-31-26-21-5)118(124-90(84)66-108(138-124)103-38-37-72(15)125-103)117-76(34-29-24-19-3)57-80(68(8)9)87-63-110(139-123(87)117)105-52-48-100(132-105)96-44-40-92(128-96)94-42-45-97(130-94)101-49-53-106(133-101)111-64-88(82)119(135-111)113(74)69(10)11/h37-70H,17-36H2,1-16H3. The van der Waals surface area contributed by atoms with Crippen molar-refractivity contribution >= 4 is 368 Å². The first kappa shape index (κ1) is 96.2. The van der Waals surface area contributed by atoms with E-state index >= 15 is 0 Å². The van der Waals surface area contributed by atoms with Gasteiger partial charge in [0.2, 0.25) is 0 Å². The number of benzene rings is 6. The molecule has 16 heterocycles. The average molecular weight is 2090 g/mol. The van der Waals surface area contributed by atoms with Crippen LogP contribution in [0, 0.1) is 20.8 Å². The SMILES string of the molecule is CCCCCc1cc2c3cc(sc3c1C(C)C)c1ccc(s1)c1ccc(s1)c1ccc(s1)c1ccc(s1)c1cc3c(C(C)C)cc(CCCCC)c(c3s1)c1c(CCCCC)cc(c3cc(CCCCC)c(C(C)C)c4sc(cc43)c3ccc(s3)c3ccc(s3)c3ccc(s3)c3ccc(s3)c3cc4c(C(C)C)cc(C)c(c4s3)c3c(CCCCC)cc2c2cc(C)sc23)c2cc(-c3ccc(C)s3)sc21. The van der Waals surface area contributed by atoms with Gasteiger partial charge in [-0.15, -0.1) is 170 Å². The Hall–Kier alpha value is -7.62. The highest BCUT2D eigenvalue weighted by atomic mass is 32.2. The highest BCUT2D eigenvalue weighted by Crippen LogP contribution is 2.55. The second-order valence-electron chi connectivity index (χ2n) is 40.1. The monoisotopic (exact) mass is 2090 g/mol. The molecule has 0 atom stereocenters.